The Kier molecular flexibility index (Phi) is 8.10. The van der Waals surface area contributed by atoms with Gasteiger partial charge in [-0.1, -0.05) is 26.8 Å². The third-order valence-electron chi connectivity index (χ3n) is 7.48. The van der Waals surface area contributed by atoms with Gasteiger partial charge in [-0.05, 0) is 60.6 Å². The first-order chi connectivity index (χ1) is 19.1. The van der Waals surface area contributed by atoms with Crippen molar-refractivity contribution in [3.63, 3.8) is 0 Å². The van der Waals surface area contributed by atoms with Crippen LogP contribution in [0, 0.1) is 6.92 Å². The van der Waals surface area contributed by atoms with Gasteiger partial charge in [-0.15, -0.1) is 0 Å². The molecule has 11 nitrogen and oxygen atoms in total. The van der Waals surface area contributed by atoms with Crippen LogP contribution >= 0.6 is 0 Å². The average molecular weight is 583 g/mol. The number of sulfonamides is 1. The number of nitrogens with zero attached hydrogens (tertiary/aromatic N) is 2. The second-order valence-corrected chi connectivity index (χ2v) is 13.0. The third-order valence-corrected chi connectivity index (χ3v) is 8.07. The van der Waals surface area contributed by atoms with Gasteiger partial charge >= 0.3 is 0 Å². The lowest BCUT2D eigenvalue weighted by Crippen LogP contribution is -2.37. The quantitative estimate of drug-likeness (QED) is 0.139. The van der Waals surface area contributed by atoms with Crippen molar-refractivity contribution in [1.29, 1.82) is 0 Å². The number of carbonyl (C=O) groups is 1. The summed E-state index contributed by atoms with van der Waals surface area (Å²) in [5.41, 5.74) is 10.9. The molecule has 4 rings (SSSR count). The highest BCUT2D eigenvalue weighted by molar-refractivity contribution is 7.92. The molecule has 1 amide bonds. The van der Waals surface area contributed by atoms with E-state index in [1.165, 1.54) is 12.1 Å². The van der Waals surface area contributed by atoms with Gasteiger partial charge in [0.15, 0.2) is 11.4 Å². The number of benzene rings is 2. The minimum absolute atomic E-state index is 0.0882. The minimum atomic E-state index is -3.59. The van der Waals surface area contributed by atoms with Gasteiger partial charge in [-0.3, -0.25) is 14.5 Å². The van der Waals surface area contributed by atoms with E-state index in [2.05, 4.69) is 35.8 Å². The number of H-pyrrole nitrogens is 1. The first-order valence-electron chi connectivity index (χ1n) is 13.3. The summed E-state index contributed by atoms with van der Waals surface area (Å²) < 4.78 is 34.2. The standard InChI is InChI=1S/C29H39N7O4S/c1-17(2)27-32-15-25(35(27)5)21(30)16-36(31)24-12-19(9-8-18(24)3)28(37)33-22-13-20(29(4)10-11-29)14-23(26(22)40-6)34-41(7,38)39/h8-9,12-17,34H,10-11,30-31H2,1-7H3,(H,33,37)/p+1. The highest BCUT2D eigenvalue weighted by atomic mass is 32.2. The Bertz CT molecular complexity index is 1620. The van der Waals surface area contributed by atoms with Crippen LogP contribution in [0.15, 0.2) is 42.7 Å². The molecule has 1 saturated carbocycles. The molecule has 1 heterocycles. The van der Waals surface area contributed by atoms with Crippen LogP contribution in [0.3, 0.4) is 0 Å². The van der Waals surface area contributed by atoms with Gasteiger partial charge in [0.05, 0.1) is 43.4 Å². The van der Waals surface area contributed by atoms with Gasteiger partial charge in [-0.25, -0.2) is 23.8 Å². The zero-order valence-corrected chi connectivity index (χ0v) is 25.4. The fraction of sp³-hybridized carbons (Fsp3) is 0.379. The van der Waals surface area contributed by atoms with Crippen LogP contribution < -0.4 is 35.9 Å². The maximum absolute atomic E-state index is 13.5. The van der Waals surface area contributed by atoms with Crippen molar-refractivity contribution in [3.8, 4) is 5.75 Å². The van der Waals surface area contributed by atoms with Crippen molar-refractivity contribution < 1.29 is 22.5 Å². The number of nitrogens with two attached hydrogens (primary N) is 2. The van der Waals surface area contributed by atoms with Crippen LogP contribution in [0.25, 0.3) is 5.70 Å². The monoisotopic (exact) mass is 582 g/mol. The fourth-order valence-electron chi connectivity index (χ4n) is 4.85. The molecule has 0 aliphatic heterocycles. The van der Waals surface area contributed by atoms with Crippen molar-refractivity contribution in [1.82, 2.24) is 4.98 Å². The van der Waals surface area contributed by atoms with Crippen molar-refractivity contribution in [2.45, 2.75) is 51.9 Å². The molecule has 1 aromatic heterocycles. The molecular formula is C29H40N7O4S+. The van der Waals surface area contributed by atoms with E-state index >= 15 is 0 Å². The fourth-order valence-corrected chi connectivity index (χ4v) is 5.40. The number of nitrogens with one attached hydrogen (secondary N) is 3. The normalized spacial score (nSPS) is 14.6. The molecule has 0 unspecified atom stereocenters. The summed E-state index contributed by atoms with van der Waals surface area (Å²) in [5, 5.41) is 4.31. The summed E-state index contributed by atoms with van der Waals surface area (Å²) in [5.74, 6) is 7.55. The smallest absolute Gasteiger partial charge is 0.257 e. The topological polar surface area (TPSA) is 159 Å². The summed E-state index contributed by atoms with van der Waals surface area (Å²) in [7, 11) is -0.224. The zero-order valence-electron chi connectivity index (χ0n) is 24.6. The van der Waals surface area contributed by atoms with E-state index in [1.54, 1.807) is 30.5 Å². The Labute approximate surface area is 241 Å². The molecule has 1 aliphatic carbocycles. The maximum atomic E-state index is 13.5. The number of hydrogen-bond donors (Lipinski definition) is 5. The predicted molar refractivity (Wildman–Crippen MR) is 162 cm³/mol. The minimum Gasteiger partial charge on any atom is -0.492 e. The second-order valence-electron chi connectivity index (χ2n) is 11.3. The Morgan fingerprint density at radius 3 is 2.44 bits per heavy atom. The molecule has 0 bridgehead atoms. The lowest BCUT2D eigenvalue weighted by Gasteiger charge is -2.20. The van der Waals surface area contributed by atoms with Crippen LogP contribution in [0.4, 0.5) is 17.1 Å². The first kappa shape index (κ1) is 29.9. The predicted octanol–water partition coefficient (Wildman–Crippen LogP) is 3.59. The average Bonchev–Trinajstić information content (AvgIpc) is 3.51. The largest absolute Gasteiger partial charge is 0.492 e. The molecule has 220 valence electrons. The molecule has 7 N–H and O–H groups in total. The first-order valence-corrected chi connectivity index (χ1v) is 15.2. The van der Waals surface area contributed by atoms with E-state index < -0.39 is 15.9 Å². The number of aryl methyl sites for hydroxylation is 1. The van der Waals surface area contributed by atoms with Gasteiger partial charge in [0, 0.05) is 11.8 Å². The van der Waals surface area contributed by atoms with Crippen LogP contribution in [-0.2, 0) is 22.5 Å². The van der Waals surface area contributed by atoms with Crippen LogP contribution in [0.5, 0.6) is 5.75 Å². The molecule has 1 fully saturated rings. The SMILES string of the molecule is COc1c(NC(=O)c2ccc(C)c(N(N)C=C(N)c3c[nH]c(C(C)C)[n+]3C)c2)cc(C2(C)CC2)cc1NS(C)(=O)=O. The number of rotatable bonds is 10. The summed E-state index contributed by atoms with van der Waals surface area (Å²) in [4.78, 5) is 16.7. The van der Waals surface area contributed by atoms with Gasteiger partial charge in [0.1, 0.15) is 11.9 Å². The molecule has 41 heavy (non-hydrogen) atoms. The highest BCUT2D eigenvalue weighted by Crippen LogP contribution is 2.50. The molecule has 0 spiro atoms. The second kappa shape index (κ2) is 11.1. The summed E-state index contributed by atoms with van der Waals surface area (Å²) in [6.45, 7) is 8.17. The number of aromatic nitrogens is 2. The number of methoxy groups -OCH3 is 1. The number of hydrazine groups is 1. The van der Waals surface area contributed by atoms with Crippen molar-refractivity contribution in [2.24, 2.45) is 18.6 Å². The molecule has 0 radical (unpaired) electrons. The third kappa shape index (κ3) is 6.49. The van der Waals surface area contributed by atoms with E-state index in [-0.39, 0.29) is 22.8 Å². The van der Waals surface area contributed by atoms with E-state index in [0.29, 0.717) is 22.6 Å². The lowest BCUT2D eigenvalue weighted by atomic mass is 9.96. The maximum Gasteiger partial charge on any atom is 0.257 e. The van der Waals surface area contributed by atoms with E-state index in [1.807, 2.05) is 30.8 Å². The molecule has 3 aromatic rings. The van der Waals surface area contributed by atoms with Gasteiger partial charge in [0.2, 0.25) is 10.0 Å². The summed E-state index contributed by atoms with van der Waals surface area (Å²) in [6, 6.07) is 8.79. The number of aromatic amines is 1. The van der Waals surface area contributed by atoms with Crippen LogP contribution in [-0.4, -0.2) is 32.7 Å². The summed E-state index contributed by atoms with van der Waals surface area (Å²) in [6.07, 6.45) is 6.46. The highest BCUT2D eigenvalue weighted by Gasteiger charge is 2.40. The van der Waals surface area contributed by atoms with E-state index in [0.717, 1.165) is 41.7 Å². The molecule has 2 aromatic carbocycles. The molecular weight excluding hydrogens is 542 g/mol. The Morgan fingerprint density at radius 1 is 1.22 bits per heavy atom. The number of anilines is 3. The van der Waals surface area contributed by atoms with Gasteiger partial charge in [-0.2, -0.15) is 0 Å². The molecule has 1 aliphatic rings. The number of imidazole rings is 1. The molecule has 0 atom stereocenters. The molecule has 0 saturated heterocycles. The van der Waals surface area contributed by atoms with Crippen molar-refractivity contribution in [3.05, 3.63) is 70.9 Å². The number of amides is 1. The van der Waals surface area contributed by atoms with Crippen LogP contribution in [0.2, 0.25) is 0 Å². The Morgan fingerprint density at radius 2 is 1.88 bits per heavy atom. The molecule has 12 heteroatoms. The number of ether oxygens (including phenoxy) is 1. The van der Waals surface area contributed by atoms with Gasteiger partial charge < -0.3 is 15.8 Å². The van der Waals surface area contributed by atoms with Crippen molar-refractivity contribution >= 4 is 38.7 Å². The Hall–Kier alpha value is -4.03. The lowest BCUT2D eigenvalue weighted by molar-refractivity contribution is -0.681. The van der Waals surface area contributed by atoms with E-state index in [4.69, 9.17) is 16.3 Å². The summed E-state index contributed by atoms with van der Waals surface area (Å²) >= 11 is 0. The van der Waals surface area contributed by atoms with Gasteiger partial charge in [0.25, 0.3) is 11.7 Å². The number of hydrogen-bond acceptors (Lipinski definition) is 7. The Balaban J connectivity index is 1.65. The van der Waals surface area contributed by atoms with Crippen molar-refractivity contribution in [2.75, 3.05) is 28.4 Å². The van der Waals surface area contributed by atoms with Crippen LogP contribution in [0.1, 0.15) is 72.5 Å². The number of carbonyl (C=O) groups excluding carboxylic acids is 1. The zero-order chi connectivity index (χ0) is 30.3. The van der Waals surface area contributed by atoms with E-state index in [9.17, 15) is 13.2 Å².